The first-order valence-corrected chi connectivity index (χ1v) is 8.31. The Balaban J connectivity index is 1.71. The molecule has 1 aliphatic heterocycles. The van der Waals surface area contributed by atoms with Crippen LogP contribution in [0.15, 0.2) is 42.5 Å². The summed E-state index contributed by atoms with van der Waals surface area (Å²) in [6.45, 7) is 0.679. The van der Waals surface area contributed by atoms with Gasteiger partial charge in [0.25, 0.3) is 0 Å². The number of rotatable bonds is 5. The van der Waals surface area contributed by atoms with Crippen molar-refractivity contribution >= 4 is 29.0 Å². The third-order valence-electron chi connectivity index (χ3n) is 4.13. The maximum atomic E-state index is 12.2. The molecule has 136 valence electrons. The molecule has 3 amide bonds. The number of methoxy groups -OCH3 is 2. The summed E-state index contributed by atoms with van der Waals surface area (Å²) in [5.74, 6) is 1.28. The molecule has 3 rings (SSSR count). The van der Waals surface area contributed by atoms with E-state index >= 15 is 0 Å². The molecule has 0 aliphatic carbocycles. The fourth-order valence-corrected chi connectivity index (χ4v) is 2.88. The van der Waals surface area contributed by atoms with E-state index in [0.717, 1.165) is 6.42 Å². The van der Waals surface area contributed by atoms with Gasteiger partial charge in [0, 0.05) is 36.5 Å². The molecule has 2 N–H and O–H groups in total. The van der Waals surface area contributed by atoms with E-state index in [2.05, 4.69) is 10.6 Å². The van der Waals surface area contributed by atoms with Crippen LogP contribution in [-0.2, 0) is 4.79 Å². The second-order valence-corrected chi connectivity index (χ2v) is 5.85. The molecule has 0 aromatic heterocycles. The third-order valence-corrected chi connectivity index (χ3v) is 4.13. The molecule has 2 aromatic rings. The Kier molecular flexibility index (Phi) is 5.26. The van der Waals surface area contributed by atoms with E-state index in [9.17, 15) is 9.59 Å². The van der Waals surface area contributed by atoms with Gasteiger partial charge in [-0.1, -0.05) is 6.07 Å². The minimum atomic E-state index is -0.384. The average Bonchev–Trinajstić information content (AvgIpc) is 3.07. The van der Waals surface area contributed by atoms with E-state index in [0.29, 0.717) is 41.5 Å². The molecule has 0 bridgehead atoms. The lowest BCUT2D eigenvalue weighted by Crippen LogP contribution is -2.24. The maximum Gasteiger partial charge on any atom is 0.323 e. The second-order valence-electron chi connectivity index (χ2n) is 5.85. The number of hydrogen-bond donors (Lipinski definition) is 2. The minimum absolute atomic E-state index is 0.0831. The van der Waals surface area contributed by atoms with Gasteiger partial charge in [0.05, 0.1) is 19.9 Å². The molecule has 1 heterocycles. The van der Waals surface area contributed by atoms with Gasteiger partial charge >= 0.3 is 6.03 Å². The lowest BCUT2D eigenvalue weighted by atomic mass is 10.2. The normalized spacial score (nSPS) is 13.5. The maximum absolute atomic E-state index is 12.2. The van der Waals surface area contributed by atoms with E-state index in [1.54, 1.807) is 61.6 Å². The van der Waals surface area contributed by atoms with E-state index in [1.165, 1.54) is 0 Å². The van der Waals surface area contributed by atoms with E-state index in [1.807, 2.05) is 0 Å². The number of anilines is 3. The fourth-order valence-electron chi connectivity index (χ4n) is 2.88. The molecule has 26 heavy (non-hydrogen) atoms. The lowest BCUT2D eigenvalue weighted by Gasteiger charge is -2.19. The summed E-state index contributed by atoms with van der Waals surface area (Å²) >= 11 is 0. The van der Waals surface area contributed by atoms with Crippen LogP contribution >= 0.6 is 0 Å². The molecule has 0 unspecified atom stereocenters. The zero-order valence-corrected chi connectivity index (χ0v) is 14.7. The monoisotopic (exact) mass is 355 g/mol. The number of nitrogens with one attached hydrogen (secondary N) is 2. The van der Waals surface area contributed by atoms with Gasteiger partial charge in [0.15, 0.2) is 0 Å². The second kappa shape index (κ2) is 7.77. The molecular weight excluding hydrogens is 334 g/mol. The number of benzene rings is 2. The molecule has 1 aliphatic rings. The molecule has 7 heteroatoms. The van der Waals surface area contributed by atoms with Crippen LogP contribution in [0.2, 0.25) is 0 Å². The van der Waals surface area contributed by atoms with Crippen molar-refractivity contribution in [1.29, 1.82) is 0 Å². The number of carbonyl (C=O) groups excluding carboxylic acids is 2. The zero-order valence-electron chi connectivity index (χ0n) is 14.7. The van der Waals surface area contributed by atoms with Crippen LogP contribution in [0.4, 0.5) is 21.9 Å². The molecule has 0 radical (unpaired) electrons. The van der Waals surface area contributed by atoms with Crippen molar-refractivity contribution in [3.8, 4) is 11.5 Å². The van der Waals surface area contributed by atoms with Gasteiger partial charge in [0.2, 0.25) is 5.91 Å². The Morgan fingerprint density at radius 1 is 1.04 bits per heavy atom. The molecule has 1 saturated heterocycles. The van der Waals surface area contributed by atoms with Gasteiger partial charge in [-0.2, -0.15) is 0 Å². The van der Waals surface area contributed by atoms with Gasteiger partial charge in [-0.15, -0.1) is 0 Å². The smallest absolute Gasteiger partial charge is 0.323 e. The summed E-state index contributed by atoms with van der Waals surface area (Å²) in [5.41, 5.74) is 1.90. The van der Waals surface area contributed by atoms with Crippen LogP contribution in [-0.4, -0.2) is 32.7 Å². The summed E-state index contributed by atoms with van der Waals surface area (Å²) in [4.78, 5) is 25.9. The van der Waals surface area contributed by atoms with Crippen LogP contribution in [0, 0.1) is 0 Å². The van der Waals surface area contributed by atoms with Crippen LogP contribution in [0.5, 0.6) is 11.5 Å². The average molecular weight is 355 g/mol. The predicted molar refractivity (Wildman–Crippen MR) is 100 cm³/mol. The summed E-state index contributed by atoms with van der Waals surface area (Å²) < 4.78 is 10.5. The van der Waals surface area contributed by atoms with E-state index in [-0.39, 0.29) is 11.9 Å². The summed E-state index contributed by atoms with van der Waals surface area (Å²) in [5, 5.41) is 5.50. The van der Waals surface area contributed by atoms with Crippen LogP contribution in [0.1, 0.15) is 12.8 Å². The Bertz CT molecular complexity index is 822. The molecule has 0 atom stereocenters. The quantitative estimate of drug-likeness (QED) is 0.861. The van der Waals surface area contributed by atoms with Gasteiger partial charge in [-0.05, 0) is 30.7 Å². The van der Waals surface area contributed by atoms with Gasteiger partial charge in [-0.25, -0.2) is 4.79 Å². The Hall–Kier alpha value is -3.22. The van der Waals surface area contributed by atoms with Crippen molar-refractivity contribution in [3.05, 3.63) is 42.5 Å². The first-order chi connectivity index (χ1) is 12.6. The Morgan fingerprint density at radius 2 is 1.81 bits per heavy atom. The van der Waals surface area contributed by atoms with Gasteiger partial charge in [-0.3, -0.25) is 4.79 Å². The number of nitrogens with zero attached hydrogens (tertiary/aromatic N) is 1. The highest BCUT2D eigenvalue weighted by atomic mass is 16.5. The minimum Gasteiger partial charge on any atom is -0.497 e. The highest BCUT2D eigenvalue weighted by molar-refractivity contribution is 6.01. The summed E-state index contributed by atoms with van der Waals surface area (Å²) in [6, 6.07) is 11.9. The van der Waals surface area contributed by atoms with Crippen molar-refractivity contribution in [2.75, 3.05) is 36.3 Å². The Labute approximate surface area is 151 Å². The molecule has 7 nitrogen and oxygen atoms in total. The van der Waals surface area contributed by atoms with Crippen molar-refractivity contribution in [2.45, 2.75) is 12.8 Å². The molecule has 0 spiro atoms. The molecule has 2 aromatic carbocycles. The highest BCUT2D eigenvalue weighted by Gasteiger charge is 2.24. The predicted octanol–water partition coefficient (Wildman–Crippen LogP) is 3.47. The van der Waals surface area contributed by atoms with Crippen LogP contribution in [0.25, 0.3) is 0 Å². The third kappa shape index (κ3) is 3.88. The number of urea groups is 1. The first kappa shape index (κ1) is 17.6. The van der Waals surface area contributed by atoms with Crippen molar-refractivity contribution in [3.63, 3.8) is 0 Å². The fraction of sp³-hybridized carbons (Fsp3) is 0.263. The topological polar surface area (TPSA) is 79.9 Å². The Morgan fingerprint density at radius 3 is 2.46 bits per heavy atom. The number of ether oxygens (including phenoxy) is 2. The summed E-state index contributed by atoms with van der Waals surface area (Å²) in [6.07, 6.45) is 1.39. The first-order valence-electron chi connectivity index (χ1n) is 8.31. The molecular formula is C19H21N3O4. The van der Waals surface area contributed by atoms with Crippen LogP contribution in [0.3, 0.4) is 0 Å². The van der Waals surface area contributed by atoms with Crippen LogP contribution < -0.4 is 25.0 Å². The number of amides is 3. The lowest BCUT2D eigenvalue weighted by molar-refractivity contribution is -0.117. The largest absolute Gasteiger partial charge is 0.497 e. The van der Waals surface area contributed by atoms with Crippen molar-refractivity contribution < 1.29 is 19.1 Å². The highest BCUT2D eigenvalue weighted by Crippen LogP contribution is 2.33. The van der Waals surface area contributed by atoms with Crippen molar-refractivity contribution in [2.24, 2.45) is 0 Å². The molecule has 1 fully saturated rings. The zero-order chi connectivity index (χ0) is 18.5. The van der Waals surface area contributed by atoms with E-state index in [4.69, 9.17) is 9.47 Å². The number of hydrogen-bond acceptors (Lipinski definition) is 4. The van der Waals surface area contributed by atoms with Crippen molar-refractivity contribution in [1.82, 2.24) is 0 Å². The molecule has 0 saturated carbocycles. The van der Waals surface area contributed by atoms with Gasteiger partial charge in [0.1, 0.15) is 11.5 Å². The summed E-state index contributed by atoms with van der Waals surface area (Å²) in [7, 11) is 3.11. The van der Waals surface area contributed by atoms with E-state index < -0.39 is 0 Å². The number of carbonyl (C=O) groups is 2. The van der Waals surface area contributed by atoms with Gasteiger partial charge < -0.3 is 25.0 Å². The SMILES string of the molecule is COc1cccc(NC(=O)Nc2ccc(N3CCCC3=O)c(OC)c2)c1. The standard InChI is InChI=1S/C19H21N3O4/c1-25-15-6-3-5-13(11-15)20-19(24)21-14-8-9-16(17(12-14)26-2)22-10-4-7-18(22)23/h3,5-6,8-9,11-12H,4,7,10H2,1-2H3,(H2,20,21,24).